The van der Waals surface area contributed by atoms with E-state index in [-0.39, 0.29) is 22.2 Å². The van der Waals surface area contributed by atoms with E-state index in [1.165, 1.54) is 7.05 Å². The number of hydrogen-bond acceptors (Lipinski definition) is 1. The van der Waals surface area contributed by atoms with Crippen LogP contribution in [0.4, 0.5) is 13.2 Å². The fraction of sp³-hybridized carbons (Fsp3) is 0.375. The number of alkyl halides is 4. The zero-order valence-corrected chi connectivity index (χ0v) is 9.21. The first-order valence-electron chi connectivity index (χ1n) is 3.82. The van der Waals surface area contributed by atoms with Gasteiger partial charge in [-0.3, -0.25) is 4.68 Å². The minimum absolute atomic E-state index is 0.0992. The van der Waals surface area contributed by atoms with Crippen LogP contribution in [-0.2, 0) is 13.2 Å². The molecule has 0 aliphatic rings. The predicted octanol–water partition coefficient (Wildman–Crippen LogP) is 3.34. The molecule has 15 heavy (non-hydrogen) atoms. The summed E-state index contributed by atoms with van der Waals surface area (Å²) in [5, 5.41) is 3.17. The van der Waals surface area contributed by atoms with Crippen LogP contribution >= 0.6 is 23.2 Å². The van der Waals surface area contributed by atoms with Gasteiger partial charge >= 0.3 is 6.18 Å². The third-order valence-electron chi connectivity index (χ3n) is 1.76. The Morgan fingerprint density at radius 3 is 2.47 bits per heavy atom. The number of aryl methyl sites for hydroxylation is 1. The van der Waals surface area contributed by atoms with Crippen molar-refractivity contribution in [1.29, 1.82) is 0 Å². The minimum atomic E-state index is -4.56. The van der Waals surface area contributed by atoms with Crippen LogP contribution in [-0.4, -0.2) is 15.7 Å². The van der Waals surface area contributed by atoms with Gasteiger partial charge in [-0.1, -0.05) is 18.2 Å². The van der Waals surface area contributed by atoms with E-state index in [1.54, 1.807) is 0 Å². The maximum Gasteiger partial charge on any atom is 0.435 e. The summed E-state index contributed by atoms with van der Waals surface area (Å²) in [6, 6.07) is 0. The van der Waals surface area contributed by atoms with Crippen LogP contribution in [0.25, 0.3) is 5.57 Å². The van der Waals surface area contributed by atoms with Crippen molar-refractivity contribution >= 4 is 28.8 Å². The van der Waals surface area contributed by atoms with Gasteiger partial charge in [-0.2, -0.15) is 18.3 Å². The molecule has 84 valence electrons. The molecule has 0 spiro atoms. The number of allylic oxidation sites excluding steroid dienone is 1. The maximum absolute atomic E-state index is 12.5. The molecule has 0 aliphatic carbocycles. The molecule has 1 aromatic rings. The molecule has 0 fully saturated rings. The first-order chi connectivity index (χ1) is 6.79. The smallest absolute Gasteiger partial charge is 0.256 e. The minimum Gasteiger partial charge on any atom is -0.256 e. The fourth-order valence-electron chi connectivity index (χ4n) is 1.08. The van der Waals surface area contributed by atoms with E-state index in [9.17, 15) is 13.2 Å². The van der Waals surface area contributed by atoms with Crippen molar-refractivity contribution in [3.05, 3.63) is 23.0 Å². The van der Waals surface area contributed by atoms with Crippen molar-refractivity contribution < 1.29 is 13.2 Å². The van der Waals surface area contributed by atoms with Crippen LogP contribution in [0.2, 0.25) is 5.15 Å². The van der Waals surface area contributed by atoms with E-state index >= 15 is 0 Å². The Hall–Kier alpha value is -0.680. The lowest BCUT2D eigenvalue weighted by Gasteiger charge is -2.06. The number of hydrogen-bond donors (Lipinski definition) is 0. The Kier molecular flexibility index (Phi) is 3.35. The standard InChI is InChI=1S/C8H7Cl2F3N2/c1-4(3-9)5-6(8(11,12)13)14-15(2)7(5)10/h1,3H2,2H3. The van der Waals surface area contributed by atoms with Gasteiger partial charge in [0.05, 0.1) is 0 Å². The predicted molar refractivity (Wildman–Crippen MR) is 53.0 cm³/mol. The molecule has 1 heterocycles. The summed E-state index contributed by atoms with van der Waals surface area (Å²) in [4.78, 5) is 0. The Labute approximate surface area is 94.3 Å². The highest BCUT2D eigenvalue weighted by atomic mass is 35.5. The number of halogens is 5. The summed E-state index contributed by atoms with van der Waals surface area (Å²) < 4.78 is 38.5. The molecule has 0 N–H and O–H groups in total. The van der Waals surface area contributed by atoms with E-state index in [0.29, 0.717) is 0 Å². The molecule has 0 bridgehead atoms. The number of rotatable bonds is 2. The summed E-state index contributed by atoms with van der Waals surface area (Å²) in [7, 11) is 1.32. The third-order valence-corrected chi connectivity index (χ3v) is 2.52. The molecule has 0 radical (unpaired) electrons. The maximum atomic E-state index is 12.5. The van der Waals surface area contributed by atoms with Crippen LogP contribution in [0, 0.1) is 0 Å². The highest BCUT2D eigenvalue weighted by molar-refractivity contribution is 6.32. The average Bonchev–Trinajstić information content (AvgIpc) is 2.42. The highest BCUT2D eigenvalue weighted by Gasteiger charge is 2.39. The molecule has 0 aliphatic heterocycles. The van der Waals surface area contributed by atoms with E-state index in [2.05, 4.69) is 11.7 Å². The number of nitrogens with zero attached hydrogens (tertiary/aromatic N) is 2. The van der Waals surface area contributed by atoms with Gasteiger partial charge in [0.15, 0.2) is 5.69 Å². The van der Waals surface area contributed by atoms with Gasteiger partial charge in [0.2, 0.25) is 0 Å². The largest absolute Gasteiger partial charge is 0.435 e. The van der Waals surface area contributed by atoms with Gasteiger partial charge in [0.25, 0.3) is 0 Å². The van der Waals surface area contributed by atoms with Gasteiger partial charge in [-0.25, -0.2) is 0 Å². The van der Waals surface area contributed by atoms with Crippen LogP contribution in [0.5, 0.6) is 0 Å². The second-order valence-electron chi connectivity index (χ2n) is 2.87. The fourth-order valence-corrected chi connectivity index (χ4v) is 1.48. The number of aromatic nitrogens is 2. The van der Waals surface area contributed by atoms with E-state index in [4.69, 9.17) is 23.2 Å². The molecule has 0 atom stereocenters. The van der Waals surface area contributed by atoms with Crippen molar-refractivity contribution in [2.45, 2.75) is 6.18 Å². The summed E-state index contributed by atoms with van der Waals surface area (Å²) in [5.74, 6) is -0.130. The molecular formula is C8H7Cl2F3N2. The summed E-state index contributed by atoms with van der Waals surface area (Å²) in [5.41, 5.74) is -1.19. The monoisotopic (exact) mass is 258 g/mol. The van der Waals surface area contributed by atoms with Crippen molar-refractivity contribution in [3.8, 4) is 0 Å². The second kappa shape index (κ2) is 4.06. The van der Waals surface area contributed by atoms with Crippen LogP contribution < -0.4 is 0 Å². The molecule has 2 nitrogen and oxygen atoms in total. The van der Waals surface area contributed by atoms with Gasteiger partial charge in [0, 0.05) is 18.5 Å². The van der Waals surface area contributed by atoms with Crippen LogP contribution in [0.3, 0.4) is 0 Å². The lowest BCUT2D eigenvalue weighted by atomic mass is 10.1. The average molecular weight is 259 g/mol. The molecule has 0 saturated carbocycles. The van der Waals surface area contributed by atoms with E-state index in [1.807, 2.05) is 0 Å². The first kappa shape index (κ1) is 12.4. The Morgan fingerprint density at radius 2 is 2.07 bits per heavy atom. The SMILES string of the molecule is C=C(CCl)c1c(C(F)(F)F)nn(C)c1Cl. The molecule has 1 rings (SSSR count). The van der Waals surface area contributed by atoms with Crippen LogP contribution in [0.15, 0.2) is 6.58 Å². The molecule has 1 aromatic heterocycles. The van der Waals surface area contributed by atoms with Gasteiger partial charge in [-0.05, 0) is 5.57 Å². The first-order valence-corrected chi connectivity index (χ1v) is 4.74. The zero-order chi connectivity index (χ0) is 11.8. The van der Waals surface area contributed by atoms with Crippen molar-refractivity contribution in [3.63, 3.8) is 0 Å². The van der Waals surface area contributed by atoms with E-state index in [0.717, 1.165) is 4.68 Å². The lowest BCUT2D eigenvalue weighted by Crippen LogP contribution is -2.09. The molecular weight excluding hydrogens is 252 g/mol. The molecule has 0 aromatic carbocycles. The molecule has 0 unspecified atom stereocenters. The quantitative estimate of drug-likeness (QED) is 0.745. The summed E-state index contributed by atoms with van der Waals surface area (Å²) in [6.07, 6.45) is -4.56. The van der Waals surface area contributed by atoms with Gasteiger partial charge in [-0.15, -0.1) is 11.6 Å². The van der Waals surface area contributed by atoms with Crippen molar-refractivity contribution in [2.75, 3.05) is 5.88 Å². The lowest BCUT2D eigenvalue weighted by molar-refractivity contribution is -0.141. The van der Waals surface area contributed by atoms with Gasteiger partial charge < -0.3 is 0 Å². The second-order valence-corrected chi connectivity index (χ2v) is 3.50. The molecule has 0 amide bonds. The summed E-state index contributed by atoms with van der Waals surface area (Å²) in [6.45, 7) is 3.42. The topological polar surface area (TPSA) is 17.8 Å². The van der Waals surface area contributed by atoms with E-state index < -0.39 is 11.9 Å². The molecule has 0 saturated heterocycles. The normalized spacial score (nSPS) is 11.9. The Balaban J connectivity index is 3.40. The Morgan fingerprint density at radius 1 is 1.53 bits per heavy atom. The summed E-state index contributed by atoms with van der Waals surface area (Å²) >= 11 is 11.1. The third kappa shape index (κ3) is 2.29. The van der Waals surface area contributed by atoms with Gasteiger partial charge in [0.1, 0.15) is 5.15 Å². The van der Waals surface area contributed by atoms with Crippen molar-refractivity contribution in [1.82, 2.24) is 9.78 Å². The van der Waals surface area contributed by atoms with Crippen molar-refractivity contribution in [2.24, 2.45) is 7.05 Å². The molecule has 7 heteroatoms. The zero-order valence-electron chi connectivity index (χ0n) is 7.70. The Bertz CT molecular complexity index is 395. The van der Waals surface area contributed by atoms with Crippen LogP contribution in [0.1, 0.15) is 11.3 Å². The highest BCUT2D eigenvalue weighted by Crippen LogP contribution is 2.37.